The van der Waals surface area contributed by atoms with Gasteiger partial charge in [0.05, 0.1) is 4.47 Å². The van der Waals surface area contributed by atoms with Crippen molar-refractivity contribution in [3.05, 3.63) is 22.7 Å². The molecule has 0 atom stereocenters. The molecule has 0 saturated heterocycles. The zero-order valence-electron chi connectivity index (χ0n) is 5.80. The van der Waals surface area contributed by atoms with E-state index in [0.29, 0.717) is 9.37 Å². The molecule has 0 aliphatic rings. The van der Waals surface area contributed by atoms with Gasteiger partial charge in [-0.2, -0.15) is 8.78 Å². The van der Waals surface area contributed by atoms with Crippen LogP contribution in [0.25, 0.3) is 0 Å². The number of benzene rings is 1. The molecule has 66 valence electrons. The van der Waals surface area contributed by atoms with E-state index < -0.39 is 6.61 Å². The molecule has 0 fully saturated rings. The molecule has 12 heavy (non-hydrogen) atoms. The van der Waals surface area contributed by atoms with Gasteiger partial charge in [0.2, 0.25) is 0 Å². The van der Waals surface area contributed by atoms with Crippen molar-refractivity contribution in [3.63, 3.8) is 0 Å². The van der Waals surface area contributed by atoms with Crippen molar-refractivity contribution in [2.24, 2.45) is 0 Å². The molecule has 1 aromatic carbocycles. The first kappa shape index (κ1) is 9.80. The lowest BCUT2D eigenvalue weighted by Crippen LogP contribution is -2.02. The van der Waals surface area contributed by atoms with E-state index in [9.17, 15) is 8.78 Å². The topological polar surface area (TPSA) is 9.23 Å². The third kappa shape index (κ3) is 2.64. The molecule has 0 saturated carbocycles. The van der Waals surface area contributed by atoms with Crippen LogP contribution in [0.1, 0.15) is 0 Å². The minimum atomic E-state index is -2.80. The molecule has 1 aromatic rings. The number of rotatable bonds is 2. The lowest BCUT2D eigenvalue weighted by Gasteiger charge is -2.06. The van der Waals surface area contributed by atoms with Gasteiger partial charge in [-0.05, 0) is 34.1 Å². The summed E-state index contributed by atoms with van der Waals surface area (Å²) in [5.74, 6) is 0.114. The molecule has 0 aliphatic heterocycles. The van der Waals surface area contributed by atoms with E-state index >= 15 is 0 Å². The van der Waals surface area contributed by atoms with Gasteiger partial charge in [0.25, 0.3) is 0 Å². The molecule has 0 spiro atoms. The first-order chi connectivity index (χ1) is 5.59. The minimum Gasteiger partial charge on any atom is -0.434 e. The molecule has 0 aromatic heterocycles. The SMILES string of the molecule is FC(F)Oc1ccc(S)cc1Br. The van der Waals surface area contributed by atoms with Crippen LogP contribution in [0.3, 0.4) is 0 Å². The summed E-state index contributed by atoms with van der Waals surface area (Å²) in [6, 6.07) is 4.59. The predicted octanol–water partition coefficient (Wildman–Crippen LogP) is 3.34. The van der Waals surface area contributed by atoms with Crippen LogP contribution >= 0.6 is 28.6 Å². The van der Waals surface area contributed by atoms with E-state index in [1.807, 2.05) is 0 Å². The van der Waals surface area contributed by atoms with Crippen molar-refractivity contribution in [2.75, 3.05) is 0 Å². The molecular weight excluding hydrogens is 250 g/mol. The maximum Gasteiger partial charge on any atom is 0.387 e. The third-order valence-corrected chi connectivity index (χ3v) is 2.03. The van der Waals surface area contributed by atoms with Gasteiger partial charge in [-0.15, -0.1) is 12.6 Å². The molecule has 0 unspecified atom stereocenters. The number of halogens is 3. The van der Waals surface area contributed by atoms with Gasteiger partial charge in [-0.3, -0.25) is 0 Å². The number of hydrogen-bond donors (Lipinski definition) is 1. The first-order valence-corrected chi connectivity index (χ1v) is 4.27. The first-order valence-electron chi connectivity index (χ1n) is 3.03. The molecule has 0 radical (unpaired) electrons. The zero-order valence-corrected chi connectivity index (χ0v) is 8.28. The van der Waals surface area contributed by atoms with Crippen molar-refractivity contribution in [1.29, 1.82) is 0 Å². The maximum atomic E-state index is 11.7. The summed E-state index contributed by atoms with van der Waals surface area (Å²) in [5, 5.41) is 0. The average Bonchev–Trinajstić information content (AvgIpc) is 1.94. The fourth-order valence-corrected chi connectivity index (χ4v) is 1.53. The Balaban J connectivity index is 2.86. The van der Waals surface area contributed by atoms with E-state index in [1.165, 1.54) is 6.07 Å². The molecule has 1 nitrogen and oxygen atoms in total. The summed E-state index contributed by atoms with van der Waals surface area (Å²) in [7, 11) is 0. The van der Waals surface area contributed by atoms with Gasteiger partial charge in [0.15, 0.2) is 0 Å². The Bertz CT molecular complexity index is 280. The van der Waals surface area contributed by atoms with Crippen LogP contribution in [0.15, 0.2) is 27.6 Å². The van der Waals surface area contributed by atoms with Crippen LogP contribution in [0.5, 0.6) is 5.75 Å². The van der Waals surface area contributed by atoms with Gasteiger partial charge < -0.3 is 4.74 Å². The Morgan fingerprint density at radius 3 is 2.58 bits per heavy atom. The fourth-order valence-electron chi connectivity index (χ4n) is 0.681. The molecule has 0 amide bonds. The Hall–Kier alpha value is -0.290. The molecule has 0 heterocycles. The highest BCUT2D eigenvalue weighted by molar-refractivity contribution is 9.10. The second-order valence-corrected chi connectivity index (χ2v) is 3.36. The van der Waals surface area contributed by atoms with Gasteiger partial charge in [0.1, 0.15) is 5.75 Å². The Morgan fingerprint density at radius 2 is 2.08 bits per heavy atom. The summed E-state index contributed by atoms with van der Waals surface area (Å²) in [6.07, 6.45) is 0. The van der Waals surface area contributed by atoms with Crippen LogP contribution < -0.4 is 4.74 Å². The smallest absolute Gasteiger partial charge is 0.387 e. The summed E-state index contributed by atoms with van der Waals surface area (Å²) < 4.78 is 28.1. The van der Waals surface area contributed by atoms with E-state index in [1.54, 1.807) is 12.1 Å². The number of ether oxygens (including phenoxy) is 1. The maximum absolute atomic E-state index is 11.7. The summed E-state index contributed by atoms with van der Waals surface area (Å²) in [5.41, 5.74) is 0. The highest BCUT2D eigenvalue weighted by Gasteiger charge is 2.07. The Morgan fingerprint density at radius 1 is 1.42 bits per heavy atom. The van der Waals surface area contributed by atoms with Crippen molar-refractivity contribution < 1.29 is 13.5 Å². The van der Waals surface area contributed by atoms with Crippen LogP contribution in [-0.2, 0) is 0 Å². The second-order valence-electron chi connectivity index (χ2n) is 1.99. The van der Waals surface area contributed by atoms with E-state index in [2.05, 4.69) is 33.3 Å². The highest BCUT2D eigenvalue weighted by Crippen LogP contribution is 2.28. The lowest BCUT2D eigenvalue weighted by atomic mass is 10.3. The predicted molar refractivity (Wildman–Crippen MR) is 48.0 cm³/mol. The van der Waals surface area contributed by atoms with Gasteiger partial charge in [0, 0.05) is 4.90 Å². The monoisotopic (exact) mass is 254 g/mol. The van der Waals surface area contributed by atoms with E-state index in [0.717, 1.165) is 0 Å². The number of hydrogen-bond acceptors (Lipinski definition) is 2. The molecule has 5 heteroatoms. The van der Waals surface area contributed by atoms with E-state index in [4.69, 9.17) is 0 Å². The number of thiol groups is 1. The van der Waals surface area contributed by atoms with Crippen molar-refractivity contribution in [3.8, 4) is 5.75 Å². The largest absolute Gasteiger partial charge is 0.434 e. The van der Waals surface area contributed by atoms with Crippen LogP contribution in [-0.4, -0.2) is 6.61 Å². The Labute approximate surface area is 82.3 Å². The third-order valence-electron chi connectivity index (χ3n) is 1.13. The quantitative estimate of drug-likeness (QED) is 0.797. The fraction of sp³-hybridized carbons (Fsp3) is 0.143. The molecular formula is C7H5BrF2OS. The lowest BCUT2D eigenvalue weighted by molar-refractivity contribution is -0.0503. The van der Waals surface area contributed by atoms with Gasteiger partial charge in [-0.1, -0.05) is 0 Å². The Kier molecular flexibility index (Phi) is 3.34. The molecule has 0 bridgehead atoms. The van der Waals surface area contributed by atoms with Crippen molar-refractivity contribution in [1.82, 2.24) is 0 Å². The summed E-state index contributed by atoms with van der Waals surface area (Å²) >= 11 is 7.09. The van der Waals surface area contributed by atoms with Crippen LogP contribution in [0, 0.1) is 0 Å². The zero-order chi connectivity index (χ0) is 9.14. The normalized spacial score (nSPS) is 10.4. The minimum absolute atomic E-state index is 0.114. The molecule has 0 aliphatic carbocycles. The van der Waals surface area contributed by atoms with Crippen LogP contribution in [0.2, 0.25) is 0 Å². The van der Waals surface area contributed by atoms with Crippen LogP contribution in [0.4, 0.5) is 8.78 Å². The van der Waals surface area contributed by atoms with Gasteiger partial charge in [-0.25, -0.2) is 0 Å². The molecule has 1 rings (SSSR count). The summed E-state index contributed by atoms with van der Waals surface area (Å²) in [4.78, 5) is 0.684. The van der Waals surface area contributed by atoms with E-state index in [-0.39, 0.29) is 5.75 Å². The average molecular weight is 255 g/mol. The second kappa shape index (κ2) is 4.09. The van der Waals surface area contributed by atoms with Crippen molar-refractivity contribution in [2.45, 2.75) is 11.5 Å². The molecule has 0 N–H and O–H groups in total. The standard InChI is InChI=1S/C7H5BrF2OS/c8-5-3-4(12)1-2-6(5)11-7(9)10/h1-3,7,12H. The highest BCUT2D eigenvalue weighted by atomic mass is 79.9. The number of alkyl halides is 2. The van der Waals surface area contributed by atoms with Crippen molar-refractivity contribution >= 4 is 28.6 Å². The summed E-state index contributed by atoms with van der Waals surface area (Å²) in [6.45, 7) is -2.80. The van der Waals surface area contributed by atoms with Gasteiger partial charge >= 0.3 is 6.61 Å².